The van der Waals surface area contributed by atoms with Crippen LogP contribution in [0.2, 0.25) is 10.0 Å². The Kier molecular flexibility index (Phi) is 11.9. The lowest BCUT2D eigenvalue weighted by Crippen LogP contribution is -2.52. The van der Waals surface area contributed by atoms with Crippen LogP contribution in [-0.2, 0) is 26.2 Å². The van der Waals surface area contributed by atoms with Gasteiger partial charge in [0.25, 0.3) is 10.0 Å². The van der Waals surface area contributed by atoms with Gasteiger partial charge < -0.3 is 15.0 Å². The van der Waals surface area contributed by atoms with Crippen LogP contribution >= 0.6 is 23.2 Å². The fourth-order valence-corrected chi connectivity index (χ4v) is 5.97. The summed E-state index contributed by atoms with van der Waals surface area (Å²) < 4.78 is 34.4. The van der Waals surface area contributed by atoms with Crippen molar-refractivity contribution in [3.8, 4) is 5.75 Å². The van der Waals surface area contributed by atoms with E-state index < -0.39 is 28.5 Å². The molecule has 0 aliphatic carbocycles. The van der Waals surface area contributed by atoms with Gasteiger partial charge in [-0.15, -0.1) is 0 Å². The summed E-state index contributed by atoms with van der Waals surface area (Å²) in [6.45, 7) is 5.95. The van der Waals surface area contributed by atoms with E-state index in [2.05, 4.69) is 5.32 Å². The van der Waals surface area contributed by atoms with Gasteiger partial charge in [0.1, 0.15) is 18.3 Å². The number of hydrogen-bond acceptors (Lipinski definition) is 5. The van der Waals surface area contributed by atoms with Gasteiger partial charge in [0.15, 0.2) is 0 Å². The van der Waals surface area contributed by atoms with E-state index >= 15 is 0 Å². The predicted molar refractivity (Wildman–Crippen MR) is 163 cm³/mol. The number of anilines is 1. The number of amides is 2. The van der Waals surface area contributed by atoms with Gasteiger partial charge in [-0.3, -0.25) is 13.9 Å². The van der Waals surface area contributed by atoms with Crippen molar-refractivity contribution in [1.82, 2.24) is 10.2 Å². The molecular weight excluding hydrogens is 585 g/mol. The molecule has 0 bridgehead atoms. The van der Waals surface area contributed by atoms with E-state index in [1.54, 1.807) is 55.5 Å². The molecule has 220 valence electrons. The van der Waals surface area contributed by atoms with Crippen LogP contribution in [0.25, 0.3) is 0 Å². The number of carbonyl (C=O) groups excluding carboxylic acids is 2. The van der Waals surface area contributed by atoms with Gasteiger partial charge in [0.2, 0.25) is 11.8 Å². The minimum Gasteiger partial charge on any atom is -0.494 e. The molecule has 3 rings (SSSR count). The lowest BCUT2D eigenvalue weighted by atomic mass is 10.1. The highest BCUT2D eigenvalue weighted by molar-refractivity contribution is 7.92. The van der Waals surface area contributed by atoms with Crippen molar-refractivity contribution in [3.63, 3.8) is 0 Å². The molecule has 1 N–H and O–H groups in total. The van der Waals surface area contributed by atoms with Crippen LogP contribution in [0.15, 0.2) is 77.7 Å². The number of halogens is 2. The lowest BCUT2D eigenvalue weighted by molar-refractivity contribution is -0.140. The third-order valence-electron chi connectivity index (χ3n) is 6.35. The van der Waals surface area contributed by atoms with Crippen molar-refractivity contribution in [3.05, 3.63) is 88.4 Å². The highest BCUT2D eigenvalue weighted by Crippen LogP contribution is 2.28. The molecule has 0 spiro atoms. The first kappa shape index (κ1) is 32.2. The van der Waals surface area contributed by atoms with Crippen molar-refractivity contribution < 1.29 is 22.7 Å². The third-order valence-corrected chi connectivity index (χ3v) is 8.76. The number of nitrogens with zero attached hydrogens (tertiary/aromatic N) is 2. The average molecular weight is 621 g/mol. The quantitative estimate of drug-likeness (QED) is 0.242. The van der Waals surface area contributed by atoms with Crippen LogP contribution < -0.4 is 14.4 Å². The van der Waals surface area contributed by atoms with Gasteiger partial charge in [0.05, 0.1) is 17.2 Å². The molecule has 1 atom stereocenters. The SMILES string of the molecule is CCCNC(=O)[C@@H](CC)N(Cc1ccccc1Cl)C(=O)CN(c1ccc(OCC)cc1)S(=O)(=O)c1ccc(Cl)cc1. The minimum absolute atomic E-state index is 0.0225. The Labute approximate surface area is 252 Å². The van der Waals surface area contributed by atoms with E-state index in [1.807, 2.05) is 13.8 Å². The fourth-order valence-electron chi connectivity index (χ4n) is 4.23. The van der Waals surface area contributed by atoms with E-state index in [0.29, 0.717) is 40.9 Å². The van der Waals surface area contributed by atoms with Crippen LogP contribution in [-0.4, -0.2) is 50.9 Å². The van der Waals surface area contributed by atoms with Gasteiger partial charge in [0, 0.05) is 23.1 Å². The third kappa shape index (κ3) is 8.38. The molecule has 41 heavy (non-hydrogen) atoms. The molecule has 2 amide bonds. The number of nitrogens with one attached hydrogen (secondary N) is 1. The van der Waals surface area contributed by atoms with Crippen LogP contribution in [0.1, 0.15) is 39.2 Å². The first-order chi connectivity index (χ1) is 19.6. The van der Waals surface area contributed by atoms with Gasteiger partial charge >= 0.3 is 0 Å². The summed E-state index contributed by atoms with van der Waals surface area (Å²) in [4.78, 5) is 28.6. The zero-order valence-electron chi connectivity index (χ0n) is 23.3. The van der Waals surface area contributed by atoms with Crippen LogP contribution in [0.4, 0.5) is 5.69 Å². The van der Waals surface area contributed by atoms with Gasteiger partial charge in [-0.1, -0.05) is 55.2 Å². The molecule has 0 unspecified atom stereocenters. The number of hydrogen-bond donors (Lipinski definition) is 1. The number of carbonyl (C=O) groups is 2. The second-order valence-corrected chi connectivity index (χ2v) is 11.9. The summed E-state index contributed by atoms with van der Waals surface area (Å²) in [5.41, 5.74) is 0.898. The van der Waals surface area contributed by atoms with E-state index in [9.17, 15) is 18.0 Å². The Bertz CT molecular complexity index is 1420. The largest absolute Gasteiger partial charge is 0.494 e. The summed E-state index contributed by atoms with van der Waals surface area (Å²) in [5, 5.41) is 3.67. The molecule has 0 aromatic heterocycles. The molecule has 0 heterocycles. The molecule has 0 aliphatic rings. The van der Waals surface area contributed by atoms with Crippen molar-refractivity contribution in [2.75, 3.05) is 24.0 Å². The van der Waals surface area contributed by atoms with Crippen LogP contribution in [0.3, 0.4) is 0 Å². The molecule has 0 saturated carbocycles. The maximum absolute atomic E-state index is 14.1. The van der Waals surface area contributed by atoms with Crippen LogP contribution in [0, 0.1) is 0 Å². The summed E-state index contributed by atoms with van der Waals surface area (Å²) in [6, 6.07) is 18.4. The highest BCUT2D eigenvalue weighted by Gasteiger charge is 2.34. The first-order valence-electron chi connectivity index (χ1n) is 13.4. The zero-order chi connectivity index (χ0) is 30.0. The second kappa shape index (κ2) is 15.1. The number of rotatable bonds is 14. The highest BCUT2D eigenvalue weighted by atomic mass is 35.5. The van der Waals surface area contributed by atoms with E-state index in [-0.39, 0.29) is 23.0 Å². The smallest absolute Gasteiger partial charge is 0.264 e. The lowest BCUT2D eigenvalue weighted by Gasteiger charge is -2.33. The van der Waals surface area contributed by atoms with Gasteiger partial charge in [-0.05, 0) is 79.9 Å². The monoisotopic (exact) mass is 619 g/mol. The molecule has 0 saturated heterocycles. The summed E-state index contributed by atoms with van der Waals surface area (Å²) in [5.74, 6) is -0.317. The molecule has 0 fully saturated rings. The predicted octanol–water partition coefficient (Wildman–Crippen LogP) is 5.92. The fraction of sp³-hybridized carbons (Fsp3) is 0.333. The Morgan fingerprint density at radius 2 is 1.59 bits per heavy atom. The zero-order valence-corrected chi connectivity index (χ0v) is 25.7. The second-order valence-electron chi connectivity index (χ2n) is 9.22. The van der Waals surface area contributed by atoms with Crippen LogP contribution in [0.5, 0.6) is 5.75 Å². The molecule has 3 aromatic rings. The van der Waals surface area contributed by atoms with Gasteiger partial charge in [-0.2, -0.15) is 0 Å². The molecule has 11 heteroatoms. The molecule has 8 nitrogen and oxygen atoms in total. The summed E-state index contributed by atoms with van der Waals surface area (Å²) in [7, 11) is -4.21. The van der Waals surface area contributed by atoms with Crippen molar-refractivity contribution in [2.24, 2.45) is 0 Å². The van der Waals surface area contributed by atoms with E-state index in [1.165, 1.54) is 29.2 Å². The number of benzene rings is 3. The Morgan fingerprint density at radius 1 is 0.927 bits per heavy atom. The first-order valence-corrected chi connectivity index (χ1v) is 15.6. The molecule has 0 aliphatic heterocycles. The molecule has 0 radical (unpaired) electrons. The molecular formula is C30H35Cl2N3O5S. The van der Waals surface area contributed by atoms with Crippen molar-refractivity contribution in [2.45, 2.75) is 51.1 Å². The maximum atomic E-state index is 14.1. The average Bonchev–Trinajstić information content (AvgIpc) is 2.96. The summed E-state index contributed by atoms with van der Waals surface area (Å²) in [6.07, 6.45) is 1.05. The van der Waals surface area contributed by atoms with Gasteiger partial charge in [-0.25, -0.2) is 8.42 Å². The maximum Gasteiger partial charge on any atom is 0.264 e. The van der Waals surface area contributed by atoms with E-state index in [0.717, 1.165) is 10.7 Å². The Morgan fingerprint density at radius 3 is 2.17 bits per heavy atom. The topological polar surface area (TPSA) is 96.0 Å². The van der Waals surface area contributed by atoms with E-state index in [4.69, 9.17) is 27.9 Å². The minimum atomic E-state index is -4.21. The Balaban J connectivity index is 2.06. The number of ether oxygens (including phenoxy) is 1. The van der Waals surface area contributed by atoms with Crippen molar-refractivity contribution >= 4 is 50.7 Å². The van der Waals surface area contributed by atoms with Crippen molar-refractivity contribution in [1.29, 1.82) is 0 Å². The normalized spacial score (nSPS) is 11.9. The Hall–Kier alpha value is -3.27. The summed E-state index contributed by atoms with van der Waals surface area (Å²) >= 11 is 12.4. The standard InChI is InChI=1S/C30H35Cl2N3O5S/c1-4-19-33-30(37)28(5-2)34(20-22-9-7-8-10-27(22)32)29(36)21-35(24-13-15-25(16-14-24)40-6-3)41(38,39)26-17-11-23(31)12-18-26/h7-18,28H,4-6,19-21H2,1-3H3,(H,33,37)/t28-/m1/s1. The number of sulfonamides is 1. The molecule has 3 aromatic carbocycles.